The molecule has 152 valence electrons. The van der Waals surface area contributed by atoms with Gasteiger partial charge in [-0.1, -0.05) is 6.07 Å². The molecule has 0 saturated heterocycles. The smallest absolute Gasteiger partial charge is 0.257 e. The number of nitrogens with zero attached hydrogens (tertiary/aromatic N) is 5. The second-order valence-corrected chi connectivity index (χ2v) is 7.12. The Kier molecular flexibility index (Phi) is 5.14. The molecule has 0 radical (unpaired) electrons. The summed E-state index contributed by atoms with van der Waals surface area (Å²) in [5.74, 6) is -0.416. The highest BCUT2D eigenvalue weighted by Gasteiger charge is 2.16. The van der Waals surface area contributed by atoms with E-state index in [1.54, 1.807) is 35.4 Å². The van der Waals surface area contributed by atoms with Crippen LogP contribution in [0.3, 0.4) is 0 Å². The number of hydrogen-bond donors (Lipinski definition) is 1. The SMILES string of the molecule is CCn1cc(C(=O)NCc2ccc(-c3cnn(C)c3)nc2)c(=O)c2ccc(C)nc21. The Labute approximate surface area is 173 Å². The molecule has 1 N–H and O–H groups in total. The maximum Gasteiger partial charge on any atom is 0.257 e. The summed E-state index contributed by atoms with van der Waals surface area (Å²) in [7, 11) is 1.85. The highest BCUT2D eigenvalue weighted by Crippen LogP contribution is 2.16. The molecule has 0 aliphatic rings. The van der Waals surface area contributed by atoms with Gasteiger partial charge >= 0.3 is 0 Å². The third-order valence-electron chi connectivity index (χ3n) is 4.92. The van der Waals surface area contributed by atoms with Gasteiger partial charge in [0.2, 0.25) is 5.43 Å². The van der Waals surface area contributed by atoms with Gasteiger partial charge < -0.3 is 9.88 Å². The quantitative estimate of drug-likeness (QED) is 0.553. The zero-order valence-corrected chi connectivity index (χ0v) is 17.1. The minimum Gasteiger partial charge on any atom is -0.348 e. The van der Waals surface area contributed by atoms with Crippen molar-refractivity contribution in [3.63, 3.8) is 0 Å². The van der Waals surface area contributed by atoms with E-state index < -0.39 is 5.91 Å². The second-order valence-electron chi connectivity index (χ2n) is 7.12. The molecule has 0 aliphatic carbocycles. The van der Waals surface area contributed by atoms with E-state index in [0.29, 0.717) is 17.6 Å². The summed E-state index contributed by atoms with van der Waals surface area (Å²) in [4.78, 5) is 34.4. The lowest BCUT2D eigenvalue weighted by Crippen LogP contribution is -2.29. The average Bonchev–Trinajstić information content (AvgIpc) is 3.19. The van der Waals surface area contributed by atoms with E-state index in [2.05, 4.69) is 20.4 Å². The molecule has 1 amide bonds. The number of carbonyl (C=O) groups is 1. The van der Waals surface area contributed by atoms with Crippen molar-refractivity contribution in [1.82, 2.24) is 29.6 Å². The normalized spacial score (nSPS) is 11.0. The predicted molar refractivity (Wildman–Crippen MR) is 114 cm³/mol. The van der Waals surface area contributed by atoms with Crippen LogP contribution in [0.1, 0.15) is 28.5 Å². The lowest BCUT2D eigenvalue weighted by Gasteiger charge is -2.11. The molecular weight excluding hydrogens is 380 g/mol. The fraction of sp³-hybridized carbons (Fsp3) is 0.227. The molecule has 4 heterocycles. The topological polar surface area (TPSA) is 94.7 Å². The van der Waals surface area contributed by atoms with E-state index in [1.165, 1.54) is 0 Å². The van der Waals surface area contributed by atoms with Gasteiger partial charge in [0.1, 0.15) is 11.2 Å². The zero-order valence-electron chi connectivity index (χ0n) is 17.1. The summed E-state index contributed by atoms with van der Waals surface area (Å²) >= 11 is 0. The van der Waals surface area contributed by atoms with Crippen molar-refractivity contribution in [2.24, 2.45) is 7.05 Å². The molecule has 0 saturated carbocycles. The van der Waals surface area contributed by atoms with Gasteiger partial charge in [-0.25, -0.2) is 4.98 Å². The van der Waals surface area contributed by atoms with Crippen LogP contribution in [0.4, 0.5) is 0 Å². The summed E-state index contributed by atoms with van der Waals surface area (Å²) in [6.45, 7) is 4.70. The van der Waals surface area contributed by atoms with Gasteiger partial charge in [0.05, 0.1) is 17.3 Å². The summed E-state index contributed by atoms with van der Waals surface area (Å²) in [5.41, 5.74) is 3.77. The monoisotopic (exact) mass is 402 g/mol. The lowest BCUT2D eigenvalue weighted by atomic mass is 10.1. The van der Waals surface area contributed by atoms with E-state index >= 15 is 0 Å². The maximum absolute atomic E-state index is 12.8. The first-order chi connectivity index (χ1) is 14.5. The van der Waals surface area contributed by atoms with E-state index in [1.807, 2.05) is 43.8 Å². The third kappa shape index (κ3) is 3.71. The summed E-state index contributed by atoms with van der Waals surface area (Å²) in [6.07, 6.45) is 6.92. The number of amides is 1. The van der Waals surface area contributed by atoms with Gasteiger partial charge in [0.25, 0.3) is 5.91 Å². The Balaban J connectivity index is 1.54. The van der Waals surface area contributed by atoms with Crippen LogP contribution in [0.25, 0.3) is 22.3 Å². The number of hydrogen-bond acceptors (Lipinski definition) is 5. The van der Waals surface area contributed by atoms with Gasteiger partial charge in [-0.05, 0) is 37.6 Å². The molecule has 8 heteroatoms. The van der Waals surface area contributed by atoms with Crippen LogP contribution in [-0.4, -0.2) is 30.2 Å². The fourth-order valence-corrected chi connectivity index (χ4v) is 3.29. The van der Waals surface area contributed by atoms with E-state index in [-0.39, 0.29) is 17.5 Å². The van der Waals surface area contributed by atoms with Crippen LogP contribution in [0.5, 0.6) is 0 Å². The van der Waals surface area contributed by atoms with E-state index in [4.69, 9.17) is 0 Å². The number of aromatic nitrogens is 5. The Morgan fingerprint density at radius 3 is 2.63 bits per heavy atom. The van der Waals surface area contributed by atoms with Gasteiger partial charge in [0, 0.05) is 50.0 Å². The minimum atomic E-state index is -0.416. The van der Waals surface area contributed by atoms with Crippen LogP contribution < -0.4 is 10.7 Å². The Morgan fingerprint density at radius 2 is 1.97 bits per heavy atom. The summed E-state index contributed by atoms with van der Waals surface area (Å²) in [5, 5.41) is 7.40. The zero-order chi connectivity index (χ0) is 21.3. The first-order valence-electron chi connectivity index (χ1n) is 9.69. The Morgan fingerprint density at radius 1 is 1.13 bits per heavy atom. The van der Waals surface area contributed by atoms with Crippen molar-refractivity contribution in [3.8, 4) is 11.3 Å². The van der Waals surface area contributed by atoms with Crippen molar-refractivity contribution in [2.45, 2.75) is 26.9 Å². The van der Waals surface area contributed by atoms with Crippen molar-refractivity contribution < 1.29 is 4.79 Å². The Bertz CT molecular complexity index is 1290. The highest BCUT2D eigenvalue weighted by atomic mass is 16.2. The maximum atomic E-state index is 12.8. The molecule has 4 aromatic heterocycles. The molecular formula is C22H22N6O2. The van der Waals surface area contributed by atoms with Crippen LogP contribution in [0, 0.1) is 6.92 Å². The minimum absolute atomic E-state index is 0.106. The number of carbonyl (C=O) groups excluding carboxylic acids is 1. The molecule has 0 bridgehead atoms. The van der Waals surface area contributed by atoms with Crippen LogP contribution in [0.15, 0.2) is 53.8 Å². The highest BCUT2D eigenvalue weighted by molar-refractivity contribution is 5.96. The van der Waals surface area contributed by atoms with E-state index in [0.717, 1.165) is 22.5 Å². The molecule has 0 unspecified atom stereocenters. The van der Waals surface area contributed by atoms with Crippen molar-refractivity contribution >= 4 is 16.9 Å². The standard InChI is InChI=1S/C22H22N6O2/c1-4-28-13-18(20(29)17-7-5-14(2)26-21(17)28)22(30)24-10-15-6-8-19(23-9-15)16-11-25-27(3)12-16/h5-9,11-13H,4,10H2,1-3H3,(H,24,30). The van der Waals surface area contributed by atoms with E-state index in [9.17, 15) is 9.59 Å². The van der Waals surface area contributed by atoms with Crippen molar-refractivity contribution in [3.05, 3.63) is 76.1 Å². The number of rotatable bonds is 5. The third-order valence-corrected chi connectivity index (χ3v) is 4.92. The molecule has 0 aliphatic heterocycles. The molecule has 0 atom stereocenters. The number of fused-ring (bicyclic) bond motifs is 1. The largest absolute Gasteiger partial charge is 0.348 e. The second kappa shape index (κ2) is 7.90. The van der Waals surface area contributed by atoms with Gasteiger partial charge in [-0.2, -0.15) is 5.10 Å². The molecule has 0 fully saturated rings. The van der Waals surface area contributed by atoms with Crippen molar-refractivity contribution in [2.75, 3.05) is 0 Å². The summed E-state index contributed by atoms with van der Waals surface area (Å²) < 4.78 is 3.54. The van der Waals surface area contributed by atoms with Gasteiger partial charge in [-0.3, -0.25) is 19.3 Å². The molecule has 4 rings (SSSR count). The molecule has 8 nitrogen and oxygen atoms in total. The lowest BCUT2D eigenvalue weighted by molar-refractivity contribution is 0.0949. The first kappa shape index (κ1) is 19.5. The molecule has 4 aromatic rings. The Hall–Kier alpha value is -3.81. The van der Waals surface area contributed by atoms with Crippen LogP contribution in [0.2, 0.25) is 0 Å². The number of nitrogens with one attached hydrogen (secondary N) is 1. The fourth-order valence-electron chi connectivity index (χ4n) is 3.29. The molecule has 30 heavy (non-hydrogen) atoms. The van der Waals surface area contributed by atoms with Crippen LogP contribution in [-0.2, 0) is 20.1 Å². The van der Waals surface area contributed by atoms with Gasteiger partial charge in [-0.15, -0.1) is 0 Å². The molecule has 0 aromatic carbocycles. The molecule has 0 spiro atoms. The van der Waals surface area contributed by atoms with Crippen molar-refractivity contribution in [1.29, 1.82) is 0 Å². The average molecular weight is 402 g/mol. The van der Waals surface area contributed by atoms with Gasteiger partial charge in [0.15, 0.2) is 0 Å². The number of aryl methyl sites for hydroxylation is 3. The predicted octanol–water partition coefficient (Wildman–Crippen LogP) is 2.45. The first-order valence-corrected chi connectivity index (χ1v) is 9.69. The summed E-state index contributed by atoms with van der Waals surface area (Å²) in [6, 6.07) is 7.28. The number of pyridine rings is 3. The van der Waals surface area contributed by atoms with Crippen LogP contribution >= 0.6 is 0 Å².